The summed E-state index contributed by atoms with van der Waals surface area (Å²) in [6.07, 6.45) is 0. The van der Waals surface area contributed by atoms with E-state index in [0.29, 0.717) is 10.6 Å². The molecule has 3 aliphatic rings. The molecule has 3 aliphatic heterocycles. The molecule has 112 valence electrons. The fourth-order valence-electron chi connectivity index (χ4n) is 3.14. The highest BCUT2D eigenvalue weighted by Crippen LogP contribution is 2.49. The van der Waals surface area contributed by atoms with Gasteiger partial charge < -0.3 is 0 Å². The van der Waals surface area contributed by atoms with Crippen molar-refractivity contribution in [1.82, 2.24) is 4.98 Å². The molecular formula is C17H10N2O2S2. The first kappa shape index (κ1) is 13.0. The molecular weight excluding hydrogens is 328 g/mol. The Hall–Kier alpha value is -2.44. The lowest BCUT2D eigenvalue weighted by atomic mass is 9.98. The maximum Gasteiger partial charge on any atom is 0.263 e. The van der Waals surface area contributed by atoms with Gasteiger partial charge in [-0.25, -0.2) is 13.4 Å². The largest absolute Gasteiger partial charge is 0.279 e. The molecule has 3 heterocycles. The smallest absolute Gasteiger partial charge is 0.263 e. The van der Waals surface area contributed by atoms with Crippen LogP contribution in [0.4, 0.5) is 5.69 Å². The molecule has 2 aromatic rings. The molecule has 0 saturated heterocycles. The Morgan fingerprint density at radius 1 is 0.957 bits per heavy atom. The second-order valence-corrected chi connectivity index (χ2v) is 7.94. The van der Waals surface area contributed by atoms with Gasteiger partial charge >= 0.3 is 0 Å². The minimum atomic E-state index is -3.56. The fourth-order valence-corrected chi connectivity index (χ4v) is 5.66. The van der Waals surface area contributed by atoms with Gasteiger partial charge in [-0.3, -0.25) is 4.72 Å². The summed E-state index contributed by atoms with van der Waals surface area (Å²) < 4.78 is 27.9. The van der Waals surface area contributed by atoms with Gasteiger partial charge in [0.25, 0.3) is 10.0 Å². The minimum absolute atomic E-state index is 0.326. The average molecular weight is 338 g/mol. The summed E-state index contributed by atoms with van der Waals surface area (Å²) >= 11 is 1.36. The van der Waals surface area contributed by atoms with Gasteiger partial charge in [0.15, 0.2) is 0 Å². The van der Waals surface area contributed by atoms with Gasteiger partial charge in [0.2, 0.25) is 0 Å². The molecule has 5 rings (SSSR count). The zero-order valence-electron chi connectivity index (χ0n) is 11.8. The van der Waals surface area contributed by atoms with Crippen LogP contribution < -0.4 is 4.72 Å². The molecule has 1 N–H and O–H groups in total. The van der Waals surface area contributed by atoms with E-state index >= 15 is 0 Å². The Kier molecular flexibility index (Phi) is 2.44. The van der Waals surface area contributed by atoms with E-state index in [1.165, 1.54) is 11.3 Å². The van der Waals surface area contributed by atoms with Crippen LogP contribution in [0.2, 0.25) is 0 Å². The van der Waals surface area contributed by atoms with Crippen LogP contribution in [-0.4, -0.2) is 13.4 Å². The molecule has 0 aliphatic carbocycles. The first-order chi connectivity index (χ1) is 11.1. The van der Waals surface area contributed by atoms with Crippen molar-refractivity contribution in [3.63, 3.8) is 0 Å². The zero-order valence-corrected chi connectivity index (χ0v) is 13.4. The lowest BCUT2D eigenvalue weighted by molar-refractivity contribution is 0.601. The number of benzene rings is 2. The number of nitrogens with zero attached hydrogens (tertiary/aromatic N) is 1. The number of para-hydroxylation sites is 2. The molecule has 0 bridgehead atoms. The van der Waals surface area contributed by atoms with Crippen LogP contribution in [0, 0.1) is 0 Å². The Labute approximate surface area is 136 Å². The third kappa shape index (κ3) is 1.70. The van der Waals surface area contributed by atoms with Gasteiger partial charge in [-0.2, -0.15) is 0 Å². The van der Waals surface area contributed by atoms with Crippen molar-refractivity contribution in [3.05, 3.63) is 53.9 Å². The van der Waals surface area contributed by atoms with Crippen LogP contribution in [-0.2, 0) is 10.0 Å². The van der Waals surface area contributed by atoms with Crippen molar-refractivity contribution < 1.29 is 8.42 Å². The van der Waals surface area contributed by atoms with Crippen molar-refractivity contribution >= 4 is 38.0 Å². The Morgan fingerprint density at radius 2 is 1.74 bits per heavy atom. The van der Waals surface area contributed by atoms with Gasteiger partial charge in [-0.15, -0.1) is 11.3 Å². The summed E-state index contributed by atoms with van der Waals surface area (Å²) in [5.74, 6) is 0. The van der Waals surface area contributed by atoms with Crippen LogP contribution in [0.1, 0.15) is 0 Å². The topological polar surface area (TPSA) is 59.1 Å². The van der Waals surface area contributed by atoms with Crippen molar-refractivity contribution in [2.75, 3.05) is 4.72 Å². The maximum atomic E-state index is 12.6. The second-order valence-electron chi connectivity index (χ2n) is 5.44. The van der Waals surface area contributed by atoms with Crippen molar-refractivity contribution in [2.24, 2.45) is 0 Å². The third-order valence-electron chi connectivity index (χ3n) is 4.11. The Bertz CT molecular complexity index is 1160. The summed E-state index contributed by atoms with van der Waals surface area (Å²) in [7, 11) is -3.56. The standard InChI is InChI=1S/C17H10N2O2S2/c20-23(21)14-9-22-17-16(10-5-1-3-7-12(10)18-17)15(14)11-6-2-4-8-13(11)19-23/h1-9,19H. The number of hydrogen-bond donors (Lipinski definition) is 1. The van der Waals surface area contributed by atoms with Crippen molar-refractivity contribution in [2.45, 2.75) is 4.90 Å². The van der Waals surface area contributed by atoms with Gasteiger partial charge in [-0.1, -0.05) is 36.4 Å². The first-order valence-electron chi connectivity index (χ1n) is 7.07. The lowest BCUT2D eigenvalue weighted by Crippen LogP contribution is -2.19. The van der Waals surface area contributed by atoms with E-state index in [1.807, 2.05) is 42.5 Å². The molecule has 0 saturated carbocycles. The molecule has 4 nitrogen and oxygen atoms in total. The van der Waals surface area contributed by atoms with Crippen LogP contribution in [0.15, 0.2) is 58.8 Å². The van der Waals surface area contributed by atoms with E-state index in [-0.39, 0.29) is 0 Å². The molecule has 0 amide bonds. The zero-order chi connectivity index (χ0) is 15.6. The highest BCUT2D eigenvalue weighted by molar-refractivity contribution is 7.93. The molecule has 0 fully saturated rings. The van der Waals surface area contributed by atoms with E-state index in [1.54, 1.807) is 11.4 Å². The van der Waals surface area contributed by atoms with Crippen LogP contribution in [0.25, 0.3) is 32.6 Å². The monoisotopic (exact) mass is 338 g/mol. The quantitative estimate of drug-likeness (QED) is 0.523. The number of rotatable bonds is 0. The summed E-state index contributed by atoms with van der Waals surface area (Å²) in [4.78, 5) is 4.97. The summed E-state index contributed by atoms with van der Waals surface area (Å²) in [6, 6.07) is 15.3. The van der Waals surface area contributed by atoms with E-state index in [9.17, 15) is 8.42 Å². The van der Waals surface area contributed by atoms with E-state index in [0.717, 1.165) is 32.6 Å². The van der Waals surface area contributed by atoms with E-state index in [2.05, 4.69) is 9.71 Å². The predicted molar refractivity (Wildman–Crippen MR) is 92.5 cm³/mol. The van der Waals surface area contributed by atoms with Gasteiger partial charge in [0, 0.05) is 27.5 Å². The Balaban J connectivity index is 2.05. The minimum Gasteiger partial charge on any atom is -0.279 e. The average Bonchev–Trinajstić information content (AvgIpc) is 2.92. The highest BCUT2D eigenvalue weighted by Gasteiger charge is 2.32. The van der Waals surface area contributed by atoms with Crippen LogP contribution in [0.5, 0.6) is 0 Å². The molecule has 23 heavy (non-hydrogen) atoms. The Morgan fingerprint density at radius 3 is 2.65 bits per heavy atom. The number of nitrogens with one attached hydrogen (secondary N) is 1. The number of fused-ring (bicyclic) bond motifs is 7. The molecule has 0 unspecified atom stereocenters. The fraction of sp³-hybridized carbons (Fsp3) is 0. The summed E-state index contributed by atoms with van der Waals surface area (Å²) in [6.45, 7) is 0. The molecule has 6 heteroatoms. The van der Waals surface area contributed by atoms with Crippen LogP contribution in [0.3, 0.4) is 0 Å². The molecule has 0 aromatic heterocycles. The molecule has 0 radical (unpaired) electrons. The number of aromatic nitrogens is 1. The lowest BCUT2D eigenvalue weighted by Gasteiger charge is -2.23. The van der Waals surface area contributed by atoms with Crippen molar-refractivity contribution in [3.8, 4) is 21.7 Å². The summed E-state index contributed by atoms with van der Waals surface area (Å²) in [5, 5.41) is 3.53. The molecule has 0 spiro atoms. The SMILES string of the molecule is O=S1(=O)Nc2ccccc2-c2c1csc1nc3ccccc3c2-1. The number of sulfonamides is 1. The second kappa shape index (κ2) is 4.31. The molecule has 0 atom stereocenters. The van der Waals surface area contributed by atoms with Crippen molar-refractivity contribution in [1.29, 1.82) is 0 Å². The summed E-state index contributed by atoms with van der Waals surface area (Å²) in [5.41, 5.74) is 4.07. The van der Waals surface area contributed by atoms with E-state index < -0.39 is 10.0 Å². The molecule has 2 aromatic carbocycles. The highest BCUT2D eigenvalue weighted by atomic mass is 32.2. The van der Waals surface area contributed by atoms with Gasteiger partial charge in [-0.05, 0) is 12.1 Å². The third-order valence-corrected chi connectivity index (χ3v) is 6.52. The van der Waals surface area contributed by atoms with E-state index in [4.69, 9.17) is 0 Å². The first-order valence-corrected chi connectivity index (χ1v) is 9.43. The van der Waals surface area contributed by atoms with Gasteiger partial charge in [0.1, 0.15) is 9.90 Å². The number of anilines is 1. The number of hydrogen-bond acceptors (Lipinski definition) is 4. The maximum absolute atomic E-state index is 12.6. The normalized spacial score (nSPS) is 15.1. The van der Waals surface area contributed by atoms with Crippen LogP contribution >= 0.6 is 11.3 Å². The van der Waals surface area contributed by atoms with Gasteiger partial charge in [0.05, 0.1) is 11.2 Å². The predicted octanol–water partition coefficient (Wildman–Crippen LogP) is 4.18.